The van der Waals surface area contributed by atoms with Crippen molar-refractivity contribution < 1.29 is 0 Å². The van der Waals surface area contributed by atoms with Gasteiger partial charge in [0, 0.05) is 89.2 Å². The molecule has 15 rings (SSSR count). The normalized spacial score (nSPS) is 13.2. The van der Waals surface area contributed by atoms with Gasteiger partial charge in [-0.05, 0) is 166 Å². The molecule has 0 heterocycles. The lowest BCUT2D eigenvalue weighted by molar-refractivity contribution is 0.660. The lowest BCUT2D eigenvalue weighted by Crippen LogP contribution is -2.18. The van der Waals surface area contributed by atoms with E-state index in [0.29, 0.717) is 0 Å². The van der Waals surface area contributed by atoms with Gasteiger partial charge >= 0.3 is 0 Å². The molecule has 0 saturated carbocycles. The molecule has 2 aliphatic rings. The summed E-state index contributed by atoms with van der Waals surface area (Å²) in [7, 11) is 0. The van der Waals surface area contributed by atoms with E-state index in [1.165, 1.54) is 44.5 Å². The van der Waals surface area contributed by atoms with Crippen LogP contribution in [0.4, 0.5) is 68.2 Å². The summed E-state index contributed by atoms with van der Waals surface area (Å²) >= 11 is 0. The second-order valence-electron chi connectivity index (χ2n) is 23.3. The van der Waals surface area contributed by atoms with E-state index in [0.717, 1.165) is 89.8 Å². The Balaban J connectivity index is 0.964. The Bertz CT molecular complexity index is 4160. The van der Waals surface area contributed by atoms with Crippen molar-refractivity contribution >= 4 is 89.8 Å². The van der Waals surface area contributed by atoms with Gasteiger partial charge in [-0.1, -0.05) is 210 Å². The van der Waals surface area contributed by atoms with Gasteiger partial charge in [-0.15, -0.1) is 0 Å². The zero-order chi connectivity index (χ0) is 56.5. The van der Waals surface area contributed by atoms with Crippen molar-refractivity contribution in [2.24, 2.45) is 0 Å². The number of anilines is 12. The Kier molecular flexibility index (Phi) is 12.2. The van der Waals surface area contributed by atoms with Crippen molar-refractivity contribution in [1.29, 1.82) is 0 Å². The smallest absolute Gasteiger partial charge is 0.0619 e. The summed E-state index contributed by atoms with van der Waals surface area (Å²) in [5.41, 5.74) is 23.2. The van der Waals surface area contributed by atoms with Crippen LogP contribution in [-0.4, -0.2) is 0 Å². The second kappa shape index (κ2) is 20.2. The minimum Gasteiger partial charge on any atom is -0.311 e. The van der Waals surface area contributed by atoms with Gasteiger partial charge in [-0.2, -0.15) is 0 Å². The molecule has 0 saturated heterocycles. The van der Waals surface area contributed by atoms with Crippen LogP contribution in [0.2, 0.25) is 0 Å². The second-order valence-corrected chi connectivity index (χ2v) is 23.3. The molecule has 13 aromatic rings. The highest BCUT2D eigenvalue weighted by molar-refractivity contribution is 6.23. The topological polar surface area (TPSA) is 13.0 Å². The average Bonchev–Trinajstić information content (AvgIpc) is 1.93. The quantitative estimate of drug-likeness (QED) is 0.0893. The molecule has 0 fully saturated rings. The predicted molar refractivity (Wildman–Crippen MR) is 355 cm³/mol. The third-order valence-electron chi connectivity index (χ3n) is 17.8. The molecular formula is C80H62N4. The summed E-state index contributed by atoms with van der Waals surface area (Å²) in [5, 5.41) is 4.57. The Hall–Kier alpha value is -10.4. The van der Waals surface area contributed by atoms with Gasteiger partial charge in [0.1, 0.15) is 0 Å². The van der Waals surface area contributed by atoms with Crippen LogP contribution in [0.15, 0.2) is 303 Å². The summed E-state index contributed by atoms with van der Waals surface area (Å²) in [6, 6.07) is 111. The summed E-state index contributed by atoms with van der Waals surface area (Å²) in [6.45, 7) is 9.51. The van der Waals surface area contributed by atoms with Gasteiger partial charge < -0.3 is 19.6 Å². The molecule has 0 atom stereocenters. The van der Waals surface area contributed by atoms with Crippen molar-refractivity contribution in [1.82, 2.24) is 0 Å². The van der Waals surface area contributed by atoms with Crippen LogP contribution in [0.5, 0.6) is 0 Å². The fourth-order valence-corrected chi connectivity index (χ4v) is 13.7. The number of benzene rings is 13. The first-order valence-corrected chi connectivity index (χ1v) is 29.3. The van der Waals surface area contributed by atoms with Crippen LogP contribution in [0.1, 0.15) is 49.9 Å². The fourth-order valence-electron chi connectivity index (χ4n) is 13.7. The van der Waals surface area contributed by atoms with Gasteiger partial charge in [0.25, 0.3) is 0 Å². The highest BCUT2D eigenvalue weighted by Crippen LogP contribution is 2.56. The zero-order valence-electron chi connectivity index (χ0n) is 47.7. The van der Waals surface area contributed by atoms with Gasteiger partial charge in [0.2, 0.25) is 0 Å². The molecule has 0 spiro atoms. The summed E-state index contributed by atoms with van der Waals surface area (Å²) in [4.78, 5) is 9.74. The van der Waals surface area contributed by atoms with E-state index < -0.39 is 0 Å². The lowest BCUT2D eigenvalue weighted by Gasteiger charge is -2.34. The minimum absolute atomic E-state index is 0.210. The first-order chi connectivity index (χ1) is 41.2. The Morgan fingerprint density at radius 2 is 0.417 bits per heavy atom. The minimum atomic E-state index is -0.210. The van der Waals surface area contributed by atoms with Crippen LogP contribution < -0.4 is 19.6 Å². The maximum absolute atomic E-state index is 2.53. The van der Waals surface area contributed by atoms with Gasteiger partial charge in [0.15, 0.2) is 0 Å². The number of hydrogen-bond acceptors (Lipinski definition) is 4. The maximum Gasteiger partial charge on any atom is 0.0619 e. The number of rotatable bonds is 12. The molecule has 84 heavy (non-hydrogen) atoms. The molecule has 0 N–H and O–H groups in total. The van der Waals surface area contributed by atoms with Gasteiger partial charge in [-0.25, -0.2) is 0 Å². The molecule has 0 radical (unpaired) electrons. The molecule has 0 aliphatic heterocycles. The van der Waals surface area contributed by atoms with Crippen LogP contribution in [0.3, 0.4) is 0 Å². The highest BCUT2D eigenvalue weighted by atomic mass is 15.2. The SMILES string of the molecule is CC1(C)c2ccccc2-c2ccc(N(c3ccc(N(c4ccccc4)c4ccccc4)cc3)c3c4ccccc4c(N(c4ccc(N(c5ccccc5)c5ccccc5)cc4)c4ccc5c(c4)C(C)(C)c4ccccc4-5)c4ccccc34)cc21. The average molecular weight is 1080 g/mol. The van der Waals surface area contributed by atoms with Crippen molar-refractivity contribution in [3.63, 3.8) is 0 Å². The third kappa shape index (κ3) is 8.28. The Morgan fingerprint density at radius 3 is 0.726 bits per heavy atom. The molecule has 0 bridgehead atoms. The molecule has 4 heteroatoms. The summed E-state index contributed by atoms with van der Waals surface area (Å²) in [6.07, 6.45) is 0. The van der Waals surface area contributed by atoms with E-state index in [9.17, 15) is 0 Å². The molecule has 2 aliphatic carbocycles. The highest BCUT2D eigenvalue weighted by Gasteiger charge is 2.38. The van der Waals surface area contributed by atoms with Crippen molar-refractivity contribution in [2.75, 3.05) is 19.6 Å². The lowest BCUT2D eigenvalue weighted by atomic mass is 9.82. The molecule has 13 aromatic carbocycles. The molecule has 0 unspecified atom stereocenters. The van der Waals surface area contributed by atoms with E-state index in [2.05, 4.69) is 351 Å². The number of fused-ring (bicyclic) bond motifs is 8. The van der Waals surface area contributed by atoms with Crippen LogP contribution in [-0.2, 0) is 10.8 Å². The zero-order valence-corrected chi connectivity index (χ0v) is 47.7. The summed E-state index contributed by atoms with van der Waals surface area (Å²) < 4.78 is 0. The third-order valence-corrected chi connectivity index (χ3v) is 17.8. The molecule has 4 nitrogen and oxygen atoms in total. The molecular weight excluding hydrogens is 1020 g/mol. The fraction of sp³-hybridized carbons (Fsp3) is 0.0750. The predicted octanol–water partition coefficient (Wildman–Crippen LogP) is 22.5. The van der Waals surface area contributed by atoms with Gasteiger partial charge in [-0.3, -0.25) is 0 Å². The molecule has 402 valence electrons. The monoisotopic (exact) mass is 1080 g/mol. The summed E-state index contributed by atoms with van der Waals surface area (Å²) in [5.74, 6) is 0. The van der Waals surface area contributed by atoms with Crippen LogP contribution in [0.25, 0.3) is 43.8 Å². The standard InChI is InChI=1S/C80H62N4/c1-79(2)73-39-23-21-33-65(73)67-51-49-63(53-75(67)79)83(61-45-41-59(42-46-61)81(55-25-9-5-10-26-55)56-27-11-6-12-28-56)77-69-35-17-19-37-71(69)78(72-38-20-18-36-70(72)77)84(64-50-52-68-66-34-22-24-40-74(66)80(3,4)76(68)54-64)62-47-43-60(44-48-62)82(57-29-13-7-14-30-57)58-31-15-8-16-32-58/h5-54H,1-4H3. The van der Waals surface area contributed by atoms with E-state index >= 15 is 0 Å². The van der Waals surface area contributed by atoms with Gasteiger partial charge in [0.05, 0.1) is 11.4 Å². The van der Waals surface area contributed by atoms with Crippen molar-refractivity contribution in [3.05, 3.63) is 326 Å². The van der Waals surface area contributed by atoms with Crippen LogP contribution in [0, 0.1) is 0 Å². The van der Waals surface area contributed by atoms with E-state index in [-0.39, 0.29) is 10.8 Å². The Labute approximate surface area is 493 Å². The number of hydrogen-bond donors (Lipinski definition) is 0. The van der Waals surface area contributed by atoms with Crippen molar-refractivity contribution in [2.45, 2.75) is 38.5 Å². The number of para-hydroxylation sites is 4. The van der Waals surface area contributed by atoms with Crippen LogP contribution >= 0.6 is 0 Å². The van der Waals surface area contributed by atoms with Crippen molar-refractivity contribution in [3.8, 4) is 22.3 Å². The largest absolute Gasteiger partial charge is 0.311 e. The molecule has 0 aromatic heterocycles. The molecule has 0 amide bonds. The maximum atomic E-state index is 2.53. The number of nitrogens with zero attached hydrogens (tertiary/aromatic N) is 4. The van der Waals surface area contributed by atoms with E-state index in [1.807, 2.05) is 0 Å². The first kappa shape index (κ1) is 50.5. The Morgan fingerprint density at radius 1 is 0.190 bits per heavy atom. The van der Waals surface area contributed by atoms with E-state index in [1.54, 1.807) is 0 Å². The first-order valence-electron chi connectivity index (χ1n) is 29.3. The van der Waals surface area contributed by atoms with E-state index in [4.69, 9.17) is 0 Å².